The van der Waals surface area contributed by atoms with Crippen LogP contribution < -0.4 is 14.4 Å². The Bertz CT molecular complexity index is 1300. The lowest BCUT2D eigenvalue weighted by Gasteiger charge is -2.24. The molecular weight excluding hydrogens is 470 g/mol. The van der Waals surface area contributed by atoms with Crippen LogP contribution in [-0.4, -0.2) is 32.9 Å². The Balaban J connectivity index is 1.97. The first-order valence-corrected chi connectivity index (χ1v) is 11.4. The number of carbonyl (C=O) groups is 1. The zero-order chi connectivity index (χ0) is 24.2. The second-order valence-corrected chi connectivity index (χ2v) is 9.29. The molecule has 0 bridgehead atoms. The van der Waals surface area contributed by atoms with Crippen molar-refractivity contribution in [2.45, 2.75) is 11.8 Å². The van der Waals surface area contributed by atoms with Crippen LogP contribution in [0.4, 0.5) is 17.1 Å². The summed E-state index contributed by atoms with van der Waals surface area (Å²) in [6, 6.07) is 16.0. The number of rotatable bonds is 8. The summed E-state index contributed by atoms with van der Waals surface area (Å²) in [5, 5.41) is 13.9. The Labute approximate surface area is 195 Å². The fourth-order valence-corrected chi connectivity index (χ4v) is 4.61. The number of methoxy groups -OCH3 is 1. The van der Waals surface area contributed by atoms with E-state index < -0.39 is 27.4 Å². The van der Waals surface area contributed by atoms with E-state index in [-0.39, 0.29) is 32.7 Å². The summed E-state index contributed by atoms with van der Waals surface area (Å²) < 4.78 is 32.9. The van der Waals surface area contributed by atoms with Gasteiger partial charge in [-0.25, -0.2) is 8.42 Å². The van der Waals surface area contributed by atoms with Crippen molar-refractivity contribution in [2.75, 3.05) is 23.3 Å². The summed E-state index contributed by atoms with van der Waals surface area (Å²) in [6.45, 7) is 1.22. The number of carbonyl (C=O) groups excluding carboxylic acids is 1. The molecule has 0 heterocycles. The van der Waals surface area contributed by atoms with Gasteiger partial charge in [-0.15, -0.1) is 0 Å². The molecule has 3 rings (SSSR count). The number of sulfonamides is 1. The van der Waals surface area contributed by atoms with Gasteiger partial charge in [-0.2, -0.15) is 0 Å². The summed E-state index contributed by atoms with van der Waals surface area (Å²) in [7, 11) is -2.79. The summed E-state index contributed by atoms with van der Waals surface area (Å²) in [4.78, 5) is 23.4. The van der Waals surface area contributed by atoms with Gasteiger partial charge in [0.05, 0.1) is 28.3 Å². The van der Waals surface area contributed by atoms with Gasteiger partial charge in [-0.1, -0.05) is 35.4 Å². The van der Waals surface area contributed by atoms with Crippen LogP contribution in [0.3, 0.4) is 0 Å². The smallest absolute Gasteiger partial charge is 0.271 e. The maximum atomic E-state index is 13.4. The number of nitro benzene ring substituents is 1. The molecule has 172 valence electrons. The van der Waals surface area contributed by atoms with Crippen molar-refractivity contribution >= 4 is 44.6 Å². The van der Waals surface area contributed by atoms with Crippen molar-refractivity contribution in [1.82, 2.24) is 0 Å². The lowest BCUT2D eigenvalue weighted by Crippen LogP contribution is -2.38. The molecule has 0 aliphatic rings. The lowest BCUT2D eigenvalue weighted by atomic mass is 10.2. The number of nitrogens with one attached hydrogen (secondary N) is 1. The van der Waals surface area contributed by atoms with Gasteiger partial charge < -0.3 is 10.1 Å². The van der Waals surface area contributed by atoms with Crippen molar-refractivity contribution in [3.05, 3.63) is 87.4 Å². The Kier molecular flexibility index (Phi) is 7.19. The third-order valence-corrected chi connectivity index (χ3v) is 6.68. The molecule has 0 atom stereocenters. The highest BCUT2D eigenvalue weighted by Crippen LogP contribution is 2.30. The number of nitrogens with zero attached hydrogens (tertiary/aromatic N) is 2. The van der Waals surface area contributed by atoms with Crippen LogP contribution in [0, 0.1) is 17.0 Å². The van der Waals surface area contributed by atoms with E-state index in [2.05, 4.69) is 5.32 Å². The first-order valence-electron chi connectivity index (χ1n) is 9.59. The van der Waals surface area contributed by atoms with E-state index >= 15 is 0 Å². The van der Waals surface area contributed by atoms with Crippen LogP contribution in [0.25, 0.3) is 0 Å². The minimum Gasteiger partial charge on any atom is -0.495 e. The molecule has 0 spiro atoms. The Morgan fingerprint density at radius 1 is 1.12 bits per heavy atom. The largest absolute Gasteiger partial charge is 0.495 e. The molecule has 3 aromatic rings. The number of nitro groups is 1. The number of amides is 1. The summed E-state index contributed by atoms with van der Waals surface area (Å²) in [5.41, 5.74) is 0.837. The molecule has 33 heavy (non-hydrogen) atoms. The summed E-state index contributed by atoms with van der Waals surface area (Å²) in [6.07, 6.45) is 0. The third-order valence-electron chi connectivity index (χ3n) is 4.66. The second kappa shape index (κ2) is 9.88. The van der Waals surface area contributed by atoms with Gasteiger partial charge in [0.25, 0.3) is 15.7 Å². The Morgan fingerprint density at radius 2 is 1.82 bits per heavy atom. The predicted molar refractivity (Wildman–Crippen MR) is 125 cm³/mol. The fraction of sp³-hybridized carbons (Fsp3) is 0.136. The van der Waals surface area contributed by atoms with Crippen LogP contribution in [0.2, 0.25) is 5.02 Å². The molecule has 0 aliphatic carbocycles. The van der Waals surface area contributed by atoms with Crippen LogP contribution >= 0.6 is 11.6 Å². The zero-order valence-electron chi connectivity index (χ0n) is 17.7. The number of non-ortho nitro benzene ring substituents is 1. The van der Waals surface area contributed by atoms with Gasteiger partial charge in [0.15, 0.2) is 0 Å². The molecule has 3 aromatic carbocycles. The van der Waals surface area contributed by atoms with Crippen molar-refractivity contribution in [1.29, 1.82) is 0 Å². The summed E-state index contributed by atoms with van der Waals surface area (Å²) >= 11 is 6.06. The molecule has 0 fully saturated rings. The van der Waals surface area contributed by atoms with Gasteiger partial charge in [0.2, 0.25) is 5.91 Å². The lowest BCUT2D eigenvalue weighted by molar-refractivity contribution is -0.384. The van der Waals surface area contributed by atoms with E-state index in [1.165, 1.54) is 43.5 Å². The van der Waals surface area contributed by atoms with Crippen LogP contribution in [0.1, 0.15) is 5.56 Å². The fourth-order valence-electron chi connectivity index (χ4n) is 3.01. The van der Waals surface area contributed by atoms with E-state index in [0.717, 1.165) is 15.9 Å². The minimum atomic E-state index is -4.14. The number of halogens is 1. The van der Waals surface area contributed by atoms with Crippen LogP contribution in [-0.2, 0) is 14.8 Å². The molecule has 0 aromatic heterocycles. The van der Waals surface area contributed by atoms with E-state index in [9.17, 15) is 23.3 Å². The van der Waals surface area contributed by atoms with E-state index in [1.54, 1.807) is 24.3 Å². The monoisotopic (exact) mass is 489 g/mol. The number of ether oxygens (including phenoxy) is 1. The quantitative estimate of drug-likeness (QED) is 0.370. The molecular formula is C22H20ClN3O6S. The third kappa shape index (κ3) is 5.60. The second-order valence-electron chi connectivity index (χ2n) is 6.99. The van der Waals surface area contributed by atoms with E-state index in [1.807, 2.05) is 6.92 Å². The van der Waals surface area contributed by atoms with Crippen molar-refractivity contribution in [3.8, 4) is 5.75 Å². The van der Waals surface area contributed by atoms with Gasteiger partial charge >= 0.3 is 0 Å². The number of aryl methyl sites for hydroxylation is 1. The number of benzene rings is 3. The number of hydrogen-bond acceptors (Lipinski definition) is 6. The SMILES string of the molecule is COc1ccc([N+](=O)[O-])cc1NC(=O)CN(c1cccc(Cl)c1)S(=O)(=O)c1ccc(C)cc1. The van der Waals surface area contributed by atoms with Crippen molar-refractivity contribution < 1.29 is 22.9 Å². The Hall–Kier alpha value is -3.63. The number of anilines is 2. The van der Waals surface area contributed by atoms with E-state index in [0.29, 0.717) is 0 Å². The maximum absolute atomic E-state index is 13.4. The van der Waals surface area contributed by atoms with Crippen LogP contribution in [0.5, 0.6) is 5.75 Å². The molecule has 9 nitrogen and oxygen atoms in total. The molecule has 0 radical (unpaired) electrons. The summed E-state index contributed by atoms with van der Waals surface area (Å²) in [5.74, 6) is -0.547. The van der Waals surface area contributed by atoms with Crippen LogP contribution in [0.15, 0.2) is 71.6 Å². The highest BCUT2D eigenvalue weighted by Gasteiger charge is 2.28. The normalized spacial score (nSPS) is 11.0. The van der Waals surface area contributed by atoms with Gasteiger partial charge in [-0.3, -0.25) is 19.2 Å². The molecule has 1 amide bonds. The van der Waals surface area contributed by atoms with Crippen molar-refractivity contribution in [2.24, 2.45) is 0 Å². The standard InChI is InChI=1S/C22H20ClN3O6S/c1-15-6-9-19(10-7-15)33(30,31)25(17-5-3-4-16(23)12-17)14-22(27)24-20-13-18(26(28)29)8-11-21(20)32-2/h3-13H,14H2,1-2H3,(H,24,27). The zero-order valence-corrected chi connectivity index (χ0v) is 19.3. The molecule has 0 saturated heterocycles. The molecule has 0 unspecified atom stereocenters. The average molecular weight is 490 g/mol. The highest BCUT2D eigenvalue weighted by molar-refractivity contribution is 7.92. The first kappa shape index (κ1) is 24.0. The maximum Gasteiger partial charge on any atom is 0.271 e. The van der Waals surface area contributed by atoms with Gasteiger partial charge in [0, 0.05) is 17.2 Å². The van der Waals surface area contributed by atoms with Gasteiger partial charge in [0.1, 0.15) is 12.3 Å². The average Bonchev–Trinajstić information content (AvgIpc) is 2.77. The highest BCUT2D eigenvalue weighted by atomic mass is 35.5. The van der Waals surface area contributed by atoms with Crippen molar-refractivity contribution in [3.63, 3.8) is 0 Å². The van der Waals surface area contributed by atoms with Gasteiger partial charge in [-0.05, 0) is 43.3 Å². The topological polar surface area (TPSA) is 119 Å². The molecule has 0 aliphatic heterocycles. The molecule has 0 saturated carbocycles. The first-order chi connectivity index (χ1) is 15.6. The minimum absolute atomic E-state index is 0.00574. The molecule has 1 N–H and O–H groups in total. The molecule has 11 heteroatoms. The number of hydrogen-bond donors (Lipinski definition) is 1. The Morgan fingerprint density at radius 3 is 2.42 bits per heavy atom. The predicted octanol–water partition coefficient (Wildman–Crippen LogP) is 4.40. The van der Waals surface area contributed by atoms with E-state index in [4.69, 9.17) is 16.3 Å².